The summed E-state index contributed by atoms with van der Waals surface area (Å²) in [6.07, 6.45) is 3.52. The third-order valence-electron chi connectivity index (χ3n) is 3.68. The van der Waals surface area contributed by atoms with Gasteiger partial charge in [0.05, 0.1) is 4.90 Å². The molecule has 1 aliphatic rings. The van der Waals surface area contributed by atoms with Gasteiger partial charge in [0.1, 0.15) is 0 Å². The fraction of sp³-hybridized carbons (Fsp3) is 0.353. The molecule has 0 amide bonds. The van der Waals surface area contributed by atoms with Crippen molar-refractivity contribution < 1.29 is 17.9 Å². The Hall–Kier alpha value is -1.76. The van der Waals surface area contributed by atoms with Crippen LogP contribution >= 0.6 is 0 Å². The van der Waals surface area contributed by atoms with Crippen LogP contribution < -0.4 is 4.72 Å². The van der Waals surface area contributed by atoms with Crippen LogP contribution in [-0.4, -0.2) is 26.5 Å². The number of nitrogens with one attached hydrogen (secondary N) is 1. The van der Waals surface area contributed by atoms with Crippen LogP contribution in [0.5, 0.6) is 0 Å². The number of ether oxygens (including phenoxy) is 1. The Kier molecular flexibility index (Phi) is 5.19. The normalized spacial score (nSPS) is 17.6. The molecule has 0 aliphatic heterocycles. The molecule has 0 spiro atoms. The highest BCUT2D eigenvalue weighted by Gasteiger charge is 2.41. The van der Waals surface area contributed by atoms with Gasteiger partial charge in [-0.05, 0) is 55.7 Å². The van der Waals surface area contributed by atoms with Crippen LogP contribution in [0.2, 0.25) is 0 Å². The molecule has 124 valence electrons. The van der Waals surface area contributed by atoms with E-state index < -0.39 is 15.7 Å². The zero-order valence-electron chi connectivity index (χ0n) is 13.5. The number of hydrogen-bond acceptors (Lipinski definition) is 4. The maximum atomic E-state index is 12.7. The van der Waals surface area contributed by atoms with Crippen molar-refractivity contribution in [3.8, 4) is 0 Å². The second kappa shape index (κ2) is 6.78. The molecule has 0 saturated heterocycles. The Morgan fingerprint density at radius 3 is 2.17 bits per heavy atom. The molecule has 0 fully saturated rings. The molecule has 0 aromatic heterocycles. The molecule has 1 N–H and O–H groups in total. The lowest BCUT2D eigenvalue weighted by atomic mass is 9.90. The Balaban J connectivity index is 2.47. The highest BCUT2D eigenvalue weighted by Crippen LogP contribution is 2.32. The van der Waals surface area contributed by atoms with Crippen molar-refractivity contribution >= 4 is 15.8 Å². The minimum Gasteiger partial charge on any atom is -0.352 e. The summed E-state index contributed by atoms with van der Waals surface area (Å²) in [6.45, 7) is 5.68. The number of rotatable bonds is 6. The summed E-state index contributed by atoms with van der Waals surface area (Å²) in [5.74, 6) is -0.172. The number of benzene rings is 1. The van der Waals surface area contributed by atoms with Crippen molar-refractivity contribution in [2.24, 2.45) is 0 Å². The zero-order chi connectivity index (χ0) is 17.1. The van der Waals surface area contributed by atoms with Crippen LogP contribution in [0.15, 0.2) is 58.5 Å². The van der Waals surface area contributed by atoms with Crippen LogP contribution in [0.1, 0.15) is 27.2 Å². The number of hydrogen-bond donors (Lipinski definition) is 1. The molecular formula is C17H21NO4S. The van der Waals surface area contributed by atoms with Crippen molar-refractivity contribution in [3.05, 3.63) is 53.6 Å². The first-order chi connectivity index (χ1) is 10.8. The second-order valence-corrected chi connectivity index (χ2v) is 7.19. The van der Waals surface area contributed by atoms with Gasteiger partial charge in [0.2, 0.25) is 10.0 Å². The lowest BCUT2D eigenvalue weighted by Gasteiger charge is -2.38. The van der Waals surface area contributed by atoms with Crippen molar-refractivity contribution in [3.63, 3.8) is 0 Å². The molecule has 0 radical (unpaired) electrons. The smallest absolute Gasteiger partial charge is 0.243 e. The summed E-state index contributed by atoms with van der Waals surface area (Å²) in [5, 5.41) is 0. The average molecular weight is 335 g/mol. The summed E-state index contributed by atoms with van der Waals surface area (Å²) in [7, 11) is -3.80. The van der Waals surface area contributed by atoms with Crippen LogP contribution in [0, 0.1) is 0 Å². The van der Waals surface area contributed by atoms with Gasteiger partial charge in [0.25, 0.3) is 0 Å². The first-order valence-electron chi connectivity index (χ1n) is 7.46. The maximum absolute atomic E-state index is 12.7. The monoisotopic (exact) mass is 335 g/mol. The largest absolute Gasteiger partial charge is 0.352 e. The Morgan fingerprint density at radius 1 is 1.09 bits per heavy atom. The van der Waals surface area contributed by atoms with Crippen LogP contribution in [0.3, 0.4) is 0 Å². The predicted octanol–water partition coefficient (Wildman–Crippen LogP) is 2.56. The van der Waals surface area contributed by atoms with Gasteiger partial charge in [-0.2, -0.15) is 4.72 Å². The van der Waals surface area contributed by atoms with Gasteiger partial charge in [-0.1, -0.05) is 25.1 Å². The summed E-state index contributed by atoms with van der Waals surface area (Å²) < 4.78 is 33.9. The summed E-state index contributed by atoms with van der Waals surface area (Å²) >= 11 is 0. The van der Waals surface area contributed by atoms with Gasteiger partial charge in [-0.25, -0.2) is 8.42 Å². The average Bonchev–Trinajstić information content (AvgIpc) is 2.50. The molecule has 1 aromatic rings. The number of carbonyl (C=O) groups excluding carboxylic acids is 1. The minimum atomic E-state index is -3.80. The van der Waals surface area contributed by atoms with E-state index in [1.54, 1.807) is 32.0 Å². The Morgan fingerprint density at radius 2 is 1.65 bits per heavy atom. The number of ketones is 1. The standard InChI is InChI=1S/C17H21NO4S/c1-4-10-22-17(13(2)11-15(19)12-14(17)3)18-23(20,21)16-8-6-5-7-9-16/h5-9,11-12,18H,4,10H2,1-3H3. The van der Waals surface area contributed by atoms with E-state index in [2.05, 4.69) is 4.72 Å². The third kappa shape index (κ3) is 3.60. The second-order valence-electron chi connectivity index (χ2n) is 5.51. The van der Waals surface area contributed by atoms with Gasteiger partial charge in [-0.15, -0.1) is 0 Å². The minimum absolute atomic E-state index is 0.150. The van der Waals surface area contributed by atoms with Gasteiger partial charge in [-0.3, -0.25) is 4.79 Å². The summed E-state index contributed by atoms with van der Waals surface area (Å²) in [4.78, 5) is 11.8. The molecule has 0 atom stereocenters. The molecule has 1 aromatic carbocycles. The van der Waals surface area contributed by atoms with Crippen LogP contribution in [0.25, 0.3) is 0 Å². The van der Waals surface area contributed by atoms with E-state index in [1.807, 2.05) is 6.92 Å². The van der Waals surface area contributed by atoms with Crippen molar-refractivity contribution in [2.75, 3.05) is 6.61 Å². The van der Waals surface area contributed by atoms with E-state index in [-0.39, 0.29) is 10.7 Å². The molecule has 0 heterocycles. The van der Waals surface area contributed by atoms with E-state index in [9.17, 15) is 13.2 Å². The van der Waals surface area contributed by atoms with Gasteiger partial charge >= 0.3 is 0 Å². The Bertz CT molecular complexity index is 726. The van der Waals surface area contributed by atoms with E-state index in [1.165, 1.54) is 24.3 Å². The molecular weight excluding hydrogens is 314 g/mol. The topological polar surface area (TPSA) is 72.5 Å². The molecule has 23 heavy (non-hydrogen) atoms. The maximum Gasteiger partial charge on any atom is 0.243 e. The summed E-state index contributed by atoms with van der Waals surface area (Å²) in [5.41, 5.74) is -0.274. The molecule has 0 bridgehead atoms. The van der Waals surface area contributed by atoms with Gasteiger partial charge < -0.3 is 4.74 Å². The molecule has 0 unspecified atom stereocenters. The first-order valence-corrected chi connectivity index (χ1v) is 8.94. The number of carbonyl (C=O) groups is 1. The SMILES string of the molecule is CCCOC1(NS(=O)(=O)c2ccccc2)C(C)=CC(=O)C=C1C. The van der Waals surface area contributed by atoms with E-state index in [4.69, 9.17) is 4.74 Å². The third-order valence-corrected chi connectivity index (χ3v) is 5.13. The molecule has 5 nitrogen and oxygen atoms in total. The van der Waals surface area contributed by atoms with Crippen molar-refractivity contribution in [1.82, 2.24) is 4.72 Å². The lowest BCUT2D eigenvalue weighted by molar-refractivity contribution is -0.111. The zero-order valence-corrected chi connectivity index (χ0v) is 14.3. The number of allylic oxidation sites excluding steroid dienone is 2. The van der Waals surface area contributed by atoms with Gasteiger partial charge in [0.15, 0.2) is 11.5 Å². The molecule has 2 rings (SSSR count). The quantitative estimate of drug-likeness (QED) is 0.811. The van der Waals surface area contributed by atoms with Crippen LogP contribution in [0.4, 0.5) is 0 Å². The highest BCUT2D eigenvalue weighted by atomic mass is 32.2. The first kappa shape index (κ1) is 17.6. The molecule has 0 saturated carbocycles. The summed E-state index contributed by atoms with van der Waals surface area (Å²) in [6, 6.07) is 8.09. The van der Waals surface area contributed by atoms with E-state index >= 15 is 0 Å². The molecule has 6 heteroatoms. The number of sulfonamides is 1. The lowest BCUT2D eigenvalue weighted by Crippen LogP contribution is -2.53. The van der Waals surface area contributed by atoms with Crippen molar-refractivity contribution in [1.29, 1.82) is 0 Å². The Labute approximate surface area is 137 Å². The fourth-order valence-corrected chi connectivity index (χ4v) is 3.90. The highest BCUT2D eigenvalue weighted by molar-refractivity contribution is 7.89. The predicted molar refractivity (Wildman–Crippen MR) is 88.3 cm³/mol. The fourth-order valence-electron chi connectivity index (χ4n) is 2.50. The molecule has 1 aliphatic carbocycles. The van der Waals surface area contributed by atoms with E-state index in [0.29, 0.717) is 17.8 Å². The van der Waals surface area contributed by atoms with Crippen molar-refractivity contribution in [2.45, 2.75) is 37.8 Å². The van der Waals surface area contributed by atoms with Gasteiger partial charge in [0, 0.05) is 6.61 Å². The van der Waals surface area contributed by atoms with E-state index in [0.717, 1.165) is 6.42 Å². The van der Waals surface area contributed by atoms with Crippen LogP contribution in [-0.2, 0) is 19.6 Å².